The van der Waals surface area contributed by atoms with Crippen LogP contribution in [0.25, 0.3) is 0 Å². The molecule has 5 rings (SSSR count). The maximum absolute atomic E-state index is 6.67. The molecule has 3 nitrogen and oxygen atoms in total. The van der Waals surface area contributed by atoms with E-state index >= 15 is 0 Å². The Bertz CT molecular complexity index is 821. The average molecular weight is 346 g/mol. The van der Waals surface area contributed by atoms with Gasteiger partial charge in [-0.3, -0.25) is 0 Å². The monoisotopic (exact) mass is 346 g/mol. The van der Waals surface area contributed by atoms with E-state index in [1.165, 1.54) is 36.1 Å². The molecule has 2 heterocycles. The van der Waals surface area contributed by atoms with Gasteiger partial charge in [-0.25, -0.2) is 5.01 Å². The van der Waals surface area contributed by atoms with E-state index in [2.05, 4.69) is 66.5 Å². The molecular formula is C23H26N2O. The summed E-state index contributed by atoms with van der Waals surface area (Å²) in [5.41, 5.74) is 3.44. The number of benzene rings is 2. The quantitative estimate of drug-likeness (QED) is 0.714. The van der Waals surface area contributed by atoms with Crippen LogP contribution < -0.4 is 4.74 Å². The Morgan fingerprint density at radius 3 is 2.54 bits per heavy atom. The summed E-state index contributed by atoms with van der Waals surface area (Å²) in [5.74, 6) is 1.90. The van der Waals surface area contributed by atoms with Gasteiger partial charge in [-0.2, -0.15) is 5.10 Å². The standard InChI is InChI=1S/C23H26N2O/c1-2-17-12-14-23(15-13-17)25-21(19-10-6-7-11-22(19)26-23)16-20(24-25)18-8-4-3-5-9-18/h3-11,17,21H,2,12-16H2,1H3. The van der Waals surface area contributed by atoms with Gasteiger partial charge < -0.3 is 4.74 Å². The van der Waals surface area contributed by atoms with Gasteiger partial charge in [-0.05, 0) is 30.4 Å². The molecule has 26 heavy (non-hydrogen) atoms. The summed E-state index contributed by atoms with van der Waals surface area (Å²) in [7, 11) is 0. The van der Waals surface area contributed by atoms with Gasteiger partial charge in [0.15, 0.2) is 5.72 Å². The molecule has 2 aromatic rings. The Kier molecular flexibility index (Phi) is 3.77. The molecule has 3 heteroatoms. The molecule has 0 N–H and O–H groups in total. The van der Waals surface area contributed by atoms with Gasteiger partial charge in [0.25, 0.3) is 0 Å². The Morgan fingerprint density at radius 2 is 1.77 bits per heavy atom. The molecule has 1 fully saturated rings. The third-order valence-corrected chi connectivity index (χ3v) is 6.48. The first-order valence-electron chi connectivity index (χ1n) is 9.99. The normalized spacial score (nSPS) is 29.7. The lowest BCUT2D eigenvalue weighted by atomic mass is 9.80. The van der Waals surface area contributed by atoms with Crippen molar-refractivity contribution < 1.29 is 4.74 Å². The van der Waals surface area contributed by atoms with E-state index in [9.17, 15) is 0 Å². The van der Waals surface area contributed by atoms with Crippen molar-refractivity contribution >= 4 is 5.71 Å². The molecule has 1 spiro atoms. The summed E-state index contributed by atoms with van der Waals surface area (Å²) >= 11 is 0. The zero-order valence-electron chi connectivity index (χ0n) is 15.4. The minimum Gasteiger partial charge on any atom is -0.466 e. The highest BCUT2D eigenvalue weighted by molar-refractivity contribution is 6.01. The summed E-state index contributed by atoms with van der Waals surface area (Å²) in [6.45, 7) is 2.31. The first kappa shape index (κ1) is 15.9. The number of hydrogen-bond acceptors (Lipinski definition) is 3. The number of hydrogen-bond donors (Lipinski definition) is 0. The molecule has 1 saturated carbocycles. The van der Waals surface area contributed by atoms with Crippen molar-refractivity contribution in [2.45, 2.75) is 57.2 Å². The van der Waals surface area contributed by atoms with Crippen LogP contribution in [0, 0.1) is 5.92 Å². The fourth-order valence-corrected chi connectivity index (χ4v) is 4.90. The highest BCUT2D eigenvalue weighted by atomic mass is 16.5. The molecular weight excluding hydrogens is 320 g/mol. The summed E-state index contributed by atoms with van der Waals surface area (Å²) < 4.78 is 6.67. The second-order valence-corrected chi connectivity index (χ2v) is 7.91. The molecule has 1 atom stereocenters. The second kappa shape index (κ2) is 6.15. The Labute approximate surface area is 155 Å². The molecule has 0 aromatic heterocycles. The molecule has 0 amide bonds. The number of fused-ring (bicyclic) bond motifs is 4. The van der Waals surface area contributed by atoms with Crippen LogP contribution >= 0.6 is 0 Å². The highest BCUT2D eigenvalue weighted by Crippen LogP contribution is 2.52. The summed E-state index contributed by atoms with van der Waals surface area (Å²) in [4.78, 5) is 0. The number of hydrazone groups is 1. The predicted octanol–water partition coefficient (Wildman–Crippen LogP) is 5.53. The van der Waals surface area contributed by atoms with Gasteiger partial charge in [-0.15, -0.1) is 0 Å². The average Bonchev–Trinajstić information content (AvgIpc) is 3.16. The first-order chi connectivity index (χ1) is 12.8. The van der Waals surface area contributed by atoms with Crippen LogP contribution in [-0.4, -0.2) is 16.4 Å². The minimum absolute atomic E-state index is 0.263. The van der Waals surface area contributed by atoms with Crippen LogP contribution in [0.2, 0.25) is 0 Å². The third kappa shape index (κ3) is 2.45. The number of para-hydroxylation sites is 1. The summed E-state index contributed by atoms with van der Waals surface area (Å²) in [6.07, 6.45) is 6.85. The maximum atomic E-state index is 6.67. The second-order valence-electron chi connectivity index (χ2n) is 7.91. The van der Waals surface area contributed by atoms with Crippen molar-refractivity contribution in [3.8, 4) is 5.75 Å². The number of rotatable bonds is 2. The van der Waals surface area contributed by atoms with Crippen molar-refractivity contribution in [1.82, 2.24) is 5.01 Å². The fraction of sp³-hybridized carbons (Fsp3) is 0.435. The minimum atomic E-state index is -0.263. The van der Waals surface area contributed by atoms with E-state index in [1.54, 1.807) is 0 Å². The molecule has 2 aromatic carbocycles. The van der Waals surface area contributed by atoms with Crippen molar-refractivity contribution in [3.63, 3.8) is 0 Å². The van der Waals surface area contributed by atoms with Gasteiger partial charge >= 0.3 is 0 Å². The van der Waals surface area contributed by atoms with Crippen molar-refractivity contribution in [3.05, 3.63) is 65.7 Å². The SMILES string of the molecule is CCC1CCC2(CC1)Oc1ccccc1C1CC(c3ccccc3)=NN12. The van der Waals surface area contributed by atoms with Gasteiger partial charge in [0.05, 0.1) is 11.8 Å². The zero-order chi connectivity index (χ0) is 17.6. The van der Waals surface area contributed by atoms with Crippen molar-refractivity contribution in [2.75, 3.05) is 0 Å². The number of nitrogens with zero attached hydrogens (tertiary/aromatic N) is 2. The Morgan fingerprint density at radius 1 is 1.04 bits per heavy atom. The molecule has 3 aliphatic rings. The number of ether oxygens (including phenoxy) is 1. The third-order valence-electron chi connectivity index (χ3n) is 6.48. The van der Waals surface area contributed by atoms with Gasteiger partial charge in [0.1, 0.15) is 5.75 Å². The van der Waals surface area contributed by atoms with E-state index in [4.69, 9.17) is 9.84 Å². The van der Waals surface area contributed by atoms with E-state index < -0.39 is 0 Å². The lowest BCUT2D eigenvalue weighted by molar-refractivity contribution is -0.146. The van der Waals surface area contributed by atoms with E-state index in [-0.39, 0.29) is 5.72 Å². The van der Waals surface area contributed by atoms with Gasteiger partial charge in [0, 0.05) is 24.8 Å². The molecule has 2 aliphatic heterocycles. The van der Waals surface area contributed by atoms with Crippen molar-refractivity contribution in [2.24, 2.45) is 11.0 Å². The smallest absolute Gasteiger partial charge is 0.198 e. The summed E-state index contributed by atoms with van der Waals surface area (Å²) in [5, 5.41) is 7.45. The molecule has 0 radical (unpaired) electrons. The summed E-state index contributed by atoms with van der Waals surface area (Å²) in [6, 6.07) is 19.5. The molecule has 0 saturated heterocycles. The van der Waals surface area contributed by atoms with Crippen LogP contribution in [0.15, 0.2) is 59.7 Å². The van der Waals surface area contributed by atoms with E-state index in [1.807, 2.05) is 0 Å². The molecule has 1 unspecified atom stereocenters. The van der Waals surface area contributed by atoms with Crippen LogP contribution in [0.3, 0.4) is 0 Å². The lowest BCUT2D eigenvalue weighted by Crippen LogP contribution is -2.55. The highest BCUT2D eigenvalue weighted by Gasteiger charge is 2.51. The largest absolute Gasteiger partial charge is 0.466 e. The Balaban J connectivity index is 1.55. The van der Waals surface area contributed by atoms with Crippen LogP contribution in [-0.2, 0) is 0 Å². The predicted molar refractivity (Wildman–Crippen MR) is 104 cm³/mol. The van der Waals surface area contributed by atoms with Crippen LogP contribution in [0.1, 0.15) is 62.6 Å². The van der Waals surface area contributed by atoms with Crippen LogP contribution in [0.5, 0.6) is 5.75 Å². The molecule has 134 valence electrons. The topological polar surface area (TPSA) is 24.8 Å². The zero-order valence-corrected chi connectivity index (χ0v) is 15.4. The van der Waals surface area contributed by atoms with Crippen LogP contribution in [0.4, 0.5) is 0 Å². The first-order valence-corrected chi connectivity index (χ1v) is 9.99. The van der Waals surface area contributed by atoms with Gasteiger partial charge in [0.2, 0.25) is 0 Å². The molecule has 0 bridgehead atoms. The van der Waals surface area contributed by atoms with E-state index in [0.717, 1.165) is 30.9 Å². The van der Waals surface area contributed by atoms with E-state index in [0.29, 0.717) is 6.04 Å². The lowest BCUT2D eigenvalue weighted by Gasteiger charge is -2.50. The van der Waals surface area contributed by atoms with Gasteiger partial charge in [-0.1, -0.05) is 61.9 Å². The fourth-order valence-electron chi connectivity index (χ4n) is 4.90. The molecule has 1 aliphatic carbocycles. The maximum Gasteiger partial charge on any atom is 0.198 e. The Hall–Kier alpha value is -2.29. The van der Waals surface area contributed by atoms with Crippen molar-refractivity contribution in [1.29, 1.82) is 0 Å².